The molecule has 0 aliphatic carbocycles. The first-order valence-electron chi connectivity index (χ1n) is 9.25. The van der Waals surface area contributed by atoms with Gasteiger partial charge in [-0.25, -0.2) is 0 Å². The number of rotatable bonds is 3. The van der Waals surface area contributed by atoms with Crippen LogP contribution in [-0.4, -0.2) is 45.7 Å². The van der Waals surface area contributed by atoms with Gasteiger partial charge in [0.2, 0.25) is 5.91 Å². The lowest BCUT2D eigenvalue weighted by molar-refractivity contribution is -0.133. The minimum Gasteiger partial charge on any atom is -0.336 e. The molecular weight excluding hydrogens is 326 g/mol. The van der Waals surface area contributed by atoms with Crippen LogP contribution in [0.2, 0.25) is 0 Å². The molecule has 0 spiro atoms. The van der Waals surface area contributed by atoms with E-state index in [0.717, 1.165) is 24.9 Å². The van der Waals surface area contributed by atoms with Gasteiger partial charge >= 0.3 is 0 Å². The van der Waals surface area contributed by atoms with E-state index in [4.69, 9.17) is 0 Å². The van der Waals surface area contributed by atoms with E-state index >= 15 is 0 Å². The Morgan fingerprint density at radius 3 is 2.62 bits per heavy atom. The molecule has 5 nitrogen and oxygen atoms in total. The van der Waals surface area contributed by atoms with Crippen molar-refractivity contribution < 1.29 is 9.59 Å². The molecule has 5 heteroatoms. The van der Waals surface area contributed by atoms with E-state index in [2.05, 4.69) is 17.1 Å². The predicted octanol–water partition coefficient (Wildman–Crippen LogP) is 2.73. The Morgan fingerprint density at radius 2 is 1.85 bits per heavy atom. The summed E-state index contributed by atoms with van der Waals surface area (Å²) in [5.74, 6) is 0.600. The number of aromatic nitrogens is 1. The van der Waals surface area contributed by atoms with Gasteiger partial charge in [0.1, 0.15) is 0 Å². The van der Waals surface area contributed by atoms with Gasteiger partial charge in [0.25, 0.3) is 5.91 Å². The molecule has 0 bridgehead atoms. The zero-order valence-corrected chi connectivity index (χ0v) is 14.8. The number of amides is 2. The highest BCUT2D eigenvalue weighted by molar-refractivity contribution is 5.94. The first-order valence-corrected chi connectivity index (χ1v) is 9.25. The highest BCUT2D eigenvalue weighted by Gasteiger charge is 2.41. The molecule has 2 aromatic rings. The van der Waals surface area contributed by atoms with E-state index in [0.29, 0.717) is 31.0 Å². The number of fused-ring (bicyclic) bond motifs is 1. The van der Waals surface area contributed by atoms with E-state index in [9.17, 15) is 9.59 Å². The molecular formula is C21H23N3O2. The highest BCUT2D eigenvalue weighted by Crippen LogP contribution is 2.32. The van der Waals surface area contributed by atoms with Crippen LogP contribution in [0.4, 0.5) is 0 Å². The molecule has 26 heavy (non-hydrogen) atoms. The second kappa shape index (κ2) is 7.28. The van der Waals surface area contributed by atoms with Crippen LogP contribution in [0.3, 0.4) is 0 Å². The maximum absolute atomic E-state index is 12.8. The summed E-state index contributed by atoms with van der Waals surface area (Å²) in [5, 5.41) is 0. The van der Waals surface area contributed by atoms with Crippen LogP contribution in [0.1, 0.15) is 35.2 Å². The normalized spacial score (nSPS) is 22.8. The molecule has 4 rings (SSSR count). The third-order valence-corrected chi connectivity index (χ3v) is 5.50. The maximum Gasteiger partial charge on any atom is 0.254 e. The first-order chi connectivity index (χ1) is 12.7. The minimum absolute atomic E-state index is 0.0348. The fraction of sp³-hybridized carbons (Fsp3) is 0.381. The van der Waals surface area contributed by atoms with Crippen molar-refractivity contribution in [2.24, 2.45) is 5.92 Å². The van der Waals surface area contributed by atoms with Crippen LogP contribution >= 0.6 is 0 Å². The molecule has 2 amide bonds. The molecule has 2 aliphatic heterocycles. The van der Waals surface area contributed by atoms with Crippen molar-refractivity contribution in [2.45, 2.75) is 31.8 Å². The summed E-state index contributed by atoms with van der Waals surface area (Å²) in [6.07, 6.45) is 5.81. The zero-order valence-electron chi connectivity index (χ0n) is 14.8. The van der Waals surface area contributed by atoms with Crippen molar-refractivity contribution in [3.05, 3.63) is 66.0 Å². The van der Waals surface area contributed by atoms with Crippen molar-refractivity contribution in [2.75, 3.05) is 13.1 Å². The standard InChI is InChI=1S/C21H23N3O2/c25-20-8-4-7-18-14-23(21(26)17-9-11-22-12-10-17)15-19(18)24(20)13-16-5-2-1-3-6-16/h1-3,5-6,9-12,18-19H,4,7-8,13-15H2/t18-,19+/m1/s1. The van der Waals surface area contributed by atoms with Gasteiger partial charge in [-0.3, -0.25) is 14.6 Å². The molecule has 2 aliphatic rings. The smallest absolute Gasteiger partial charge is 0.254 e. The summed E-state index contributed by atoms with van der Waals surface area (Å²) in [7, 11) is 0. The number of carbonyl (C=O) groups excluding carboxylic acids is 2. The summed E-state index contributed by atoms with van der Waals surface area (Å²) in [6.45, 7) is 1.97. The second-order valence-electron chi connectivity index (χ2n) is 7.17. The number of likely N-dealkylation sites (tertiary alicyclic amines) is 2. The van der Waals surface area contributed by atoms with Crippen LogP contribution in [0, 0.1) is 5.92 Å². The van der Waals surface area contributed by atoms with Gasteiger partial charge in [-0.15, -0.1) is 0 Å². The Bertz CT molecular complexity index is 778. The molecule has 3 heterocycles. The second-order valence-corrected chi connectivity index (χ2v) is 7.17. The molecule has 134 valence electrons. The number of nitrogens with zero attached hydrogens (tertiary/aromatic N) is 3. The summed E-state index contributed by atoms with van der Waals surface area (Å²) >= 11 is 0. The van der Waals surface area contributed by atoms with Crippen molar-refractivity contribution in [3.63, 3.8) is 0 Å². The van der Waals surface area contributed by atoms with Gasteiger partial charge in [0, 0.05) is 44.0 Å². The quantitative estimate of drug-likeness (QED) is 0.856. The third-order valence-electron chi connectivity index (χ3n) is 5.50. The number of benzene rings is 1. The Morgan fingerprint density at radius 1 is 1.08 bits per heavy atom. The van der Waals surface area contributed by atoms with Crippen LogP contribution < -0.4 is 0 Å². The molecule has 1 aromatic carbocycles. The largest absolute Gasteiger partial charge is 0.336 e. The van der Waals surface area contributed by atoms with Crippen molar-refractivity contribution >= 4 is 11.8 Å². The predicted molar refractivity (Wildman–Crippen MR) is 98.3 cm³/mol. The van der Waals surface area contributed by atoms with Gasteiger partial charge in [-0.05, 0) is 36.5 Å². The van der Waals surface area contributed by atoms with Crippen molar-refractivity contribution in [1.29, 1.82) is 0 Å². The van der Waals surface area contributed by atoms with Gasteiger partial charge in [-0.1, -0.05) is 30.3 Å². The van der Waals surface area contributed by atoms with Crippen LogP contribution in [0.5, 0.6) is 0 Å². The SMILES string of the molecule is O=C(c1ccncc1)N1C[C@H]2CCCC(=O)N(Cc3ccccc3)[C@H]2C1. The highest BCUT2D eigenvalue weighted by atomic mass is 16.2. The lowest BCUT2D eigenvalue weighted by Gasteiger charge is -2.30. The van der Waals surface area contributed by atoms with E-state index in [1.807, 2.05) is 28.0 Å². The van der Waals surface area contributed by atoms with E-state index in [1.54, 1.807) is 24.5 Å². The average molecular weight is 349 g/mol. The molecule has 0 radical (unpaired) electrons. The van der Waals surface area contributed by atoms with E-state index in [-0.39, 0.29) is 17.9 Å². The van der Waals surface area contributed by atoms with Crippen LogP contribution in [-0.2, 0) is 11.3 Å². The fourth-order valence-electron chi connectivity index (χ4n) is 4.16. The Labute approximate surface area is 153 Å². The Hall–Kier alpha value is -2.69. The van der Waals surface area contributed by atoms with Crippen molar-refractivity contribution in [3.8, 4) is 0 Å². The van der Waals surface area contributed by atoms with Gasteiger partial charge in [0.15, 0.2) is 0 Å². The van der Waals surface area contributed by atoms with Gasteiger partial charge in [0.05, 0.1) is 6.04 Å². The van der Waals surface area contributed by atoms with E-state index in [1.165, 1.54) is 0 Å². The summed E-state index contributed by atoms with van der Waals surface area (Å²) < 4.78 is 0. The third kappa shape index (κ3) is 3.34. The number of pyridine rings is 1. The number of carbonyl (C=O) groups is 2. The van der Waals surface area contributed by atoms with Crippen molar-refractivity contribution in [1.82, 2.24) is 14.8 Å². The minimum atomic E-state index is 0.0348. The maximum atomic E-state index is 12.8. The summed E-state index contributed by atoms with van der Waals surface area (Å²) in [4.78, 5) is 33.4. The lowest BCUT2D eigenvalue weighted by atomic mass is 9.98. The summed E-state index contributed by atoms with van der Waals surface area (Å²) in [6, 6.07) is 13.7. The molecule has 1 aromatic heterocycles. The number of hydrogen-bond acceptors (Lipinski definition) is 3. The monoisotopic (exact) mass is 349 g/mol. The van der Waals surface area contributed by atoms with Crippen LogP contribution in [0.25, 0.3) is 0 Å². The Balaban J connectivity index is 1.54. The molecule has 0 unspecified atom stereocenters. The van der Waals surface area contributed by atoms with Crippen LogP contribution in [0.15, 0.2) is 54.9 Å². The average Bonchev–Trinajstić information content (AvgIpc) is 3.05. The topological polar surface area (TPSA) is 53.5 Å². The number of hydrogen-bond donors (Lipinski definition) is 0. The molecule has 2 saturated heterocycles. The van der Waals surface area contributed by atoms with Gasteiger partial charge in [-0.2, -0.15) is 0 Å². The zero-order chi connectivity index (χ0) is 17.9. The first kappa shape index (κ1) is 16.8. The molecule has 0 saturated carbocycles. The molecule has 2 fully saturated rings. The Kier molecular flexibility index (Phi) is 4.69. The molecule has 2 atom stereocenters. The van der Waals surface area contributed by atoms with E-state index < -0.39 is 0 Å². The lowest BCUT2D eigenvalue weighted by Crippen LogP contribution is -2.43. The summed E-state index contributed by atoms with van der Waals surface area (Å²) in [5.41, 5.74) is 1.80. The molecule has 0 N–H and O–H groups in total. The fourth-order valence-corrected chi connectivity index (χ4v) is 4.16. The van der Waals surface area contributed by atoms with Gasteiger partial charge < -0.3 is 9.80 Å².